The molecule has 62 valence electrons. The second-order valence-electron chi connectivity index (χ2n) is 1.31. The summed E-state index contributed by atoms with van der Waals surface area (Å²) in [5.41, 5.74) is -0.346. The molecule has 0 fully saturated rings. The van der Waals surface area contributed by atoms with E-state index in [1.807, 2.05) is 0 Å². The average Bonchev–Trinajstić information content (AvgIpc) is 1.79. The SMILES string of the molecule is O=C=NC(=C(Cl)Cl)C(Cl)(Cl)Cl. The molecule has 0 unspecified atom stereocenters. The number of carbonyl (C=O) groups excluding carboxylic acids is 1. The molecule has 0 aromatic heterocycles. The molecule has 0 aromatic rings. The summed E-state index contributed by atoms with van der Waals surface area (Å²) < 4.78 is -2.29. The summed E-state index contributed by atoms with van der Waals surface area (Å²) in [4.78, 5) is 12.8. The molecule has 11 heavy (non-hydrogen) atoms. The monoisotopic (exact) mass is 253 g/mol. The number of nitrogens with zero attached hydrogens (tertiary/aromatic N) is 1. The Hall–Kier alpha value is 0.570. The van der Waals surface area contributed by atoms with Gasteiger partial charge in [-0.2, -0.15) is 4.99 Å². The normalized spacial score (nSPS) is 10.3. The van der Waals surface area contributed by atoms with Crippen LogP contribution in [0.5, 0.6) is 0 Å². The van der Waals surface area contributed by atoms with Gasteiger partial charge in [-0.05, 0) is 0 Å². The van der Waals surface area contributed by atoms with Crippen molar-refractivity contribution >= 4 is 64.1 Å². The summed E-state index contributed by atoms with van der Waals surface area (Å²) in [6.07, 6.45) is 1.15. The van der Waals surface area contributed by atoms with Crippen molar-refractivity contribution in [1.82, 2.24) is 0 Å². The Kier molecular flexibility index (Phi) is 4.80. The van der Waals surface area contributed by atoms with Crippen molar-refractivity contribution in [2.45, 2.75) is 3.79 Å². The number of isocyanates is 1. The average molecular weight is 255 g/mol. The van der Waals surface area contributed by atoms with Gasteiger partial charge in [0.05, 0.1) is 0 Å². The van der Waals surface area contributed by atoms with E-state index in [1.165, 1.54) is 0 Å². The molecule has 0 atom stereocenters. The maximum atomic E-state index is 9.75. The summed E-state index contributed by atoms with van der Waals surface area (Å²) in [7, 11) is 0. The highest BCUT2D eigenvalue weighted by Crippen LogP contribution is 2.38. The first-order valence-electron chi connectivity index (χ1n) is 2.10. The standard InChI is InChI=1S/C4Cl5NO/c5-3(6)2(10-1-11)4(7,8)9. The topological polar surface area (TPSA) is 29.4 Å². The number of halogens is 5. The van der Waals surface area contributed by atoms with Crippen molar-refractivity contribution < 1.29 is 4.79 Å². The molecule has 0 bridgehead atoms. The molecule has 2 nitrogen and oxygen atoms in total. The van der Waals surface area contributed by atoms with E-state index >= 15 is 0 Å². The number of aliphatic imine (C=N–C) groups is 1. The molecule has 0 saturated heterocycles. The van der Waals surface area contributed by atoms with Crippen LogP contribution < -0.4 is 0 Å². The Bertz CT molecular complexity index is 219. The van der Waals surface area contributed by atoms with Crippen molar-refractivity contribution in [3.05, 3.63) is 10.2 Å². The molecule has 0 aromatic carbocycles. The van der Waals surface area contributed by atoms with Gasteiger partial charge < -0.3 is 0 Å². The summed E-state index contributed by atoms with van der Waals surface area (Å²) in [5.74, 6) is 0. The van der Waals surface area contributed by atoms with E-state index in [2.05, 4.69) is 4.99 Å². The van der Waals surface area contributed by atoms with Gasteiger partial charge in [0.2, 0.25) is 9.87 Å². The molecular formula is C4Cl5NO. The molecule has 0 spiro atoms. The summed E-state index contributed by atoms with van der Waals surface area (Å²) >= 11 is 26.4. The van der Waals surface area contributed by atoms with Crippen LogP contribution in [0, 0.1) is 0 Å². The highest BCUT2D eigenvalue weighted by Gasteiger charge is 2.28. The molecule has 0 N–H and O–H groups in total. The zero-order chi connectivity index (χ0) is 9.07. The van der Waals surface area contributed by atoms with Crippen molar-refractivity contribution in [3.8, 4) is 0 Å². The lowest BCUT2D eigenvalue weighted by Crippen LogP contribution is -2.05. The largest absolute Gasteiger partial charge is 0.240 e. The van der Waals surface area contributed by atoms with Gasteiger partial charge in [0.1, 0.15) is 10.2 Å². The minimum Gasteiger partial charge on any atom is -0.211 e. The molecule has 0 aliphatic heterocycles. The van der Waals surface area contributed by atoms with Gasteiger partial charge in [0.25, 0.3) is 0 Å². The van der Waals surface area contributed by atoms with Gasteiger partial charge >= 0.3 is 0 Å². The molecule has 0 amide bonds. The quantitative estimate of drug-likeness (QED) is 0.401. The van der Waals surface area contributed by atoms with Gasteiger partial charge in [-0.1, -0.05) is 58.0 Å². The third kappa shape index (κ3) is 4.22. The minimum absolute atomic E-state index is 0.346. The smallest absolute Gasteiger partial charge is 0.211 e. The third-order valence-corrected chi connectivity index (χ3v) is 1.50. The van der Waals surface area contributed by atoms with Crippen LogP contribution in [0.3, 0.4) is 0 Å². The maximum Gasteiger partial charge on any atom is 0.240 e. The Balaban J connectivity index is 4.94. The van der Waals surface area contributed by atoms with Crippen LogP contribution in [0.25, 0.3) is 0 Å². The molecule has 0 saturated carbocycles. The first-order chi connectivity index (χ1) is 4.89. The second kappa shape index (κ2) is 4.56. The molecule has 0 aliphatic rings. The fourth-order valence-corrected chi connectivity index (χ4v) is 1.33. The van der Waals surface area contributed by atoms with Crippen molar-refractivity contribution in [2.24, 2.45) is 4.99 Å². The van der Waals surface area contributed by atoms with Crippen LogP contribution in [-0.2, 0) is 4.79 Å². The molecular weight excluding hydrogens is 255 g/mol. The fraction of sp³-hybridized carbons (Fsp3) is 0.250. The first-order valence-corrected chi connectivity index (χ1v) is 3.99. The van der Waals surface area contributed by atoms with Crippen LogP contribution in [0.2, 0.25) is 0 Å². The predicted molar refractivity (Wildman–Crippen MR) is 47.1 cm³/mol. The Morgan fingerprint density at radius 3 is 1.82 bits per heavy atom. The maximum absolute atomic E-state index is 9.75. The van der Waals surface area contributed by atoms with Crippen LogP contribution in [-0.4, -0.2) is 9.87 Å². The summed E-state index contributed by atoms with van der Waals surface area (Å²) in [5, 5.41) is 0. The van der Waals surface area contributed by atoms with Gasteiger partial charge in [0, 0.05) is 0 Å². The van der Waals surface area contributed by atoms with Gasteiger partial charge in [-0.15, -0.1) is 0 Å². The Morgan fingerprint density at radius 2 is 1.73 bits per heavy atom. The Labute approximate surface area is 87.7 Å². The third-order valence-electron chi connectivity index (χ3n) is 0.605. The predicted octanol–water partition coefficient (Wildman–Crippen LogP) is 3.34. The molecule has 7 heteroatoms. The van der Waals surface area contributed by atoms with E-state index in [-0.39, 0.29) is 10.2 Å². The highest BCUT2D eigenvalue weighted by molar-refractivity contribution is 6.70. The first kappa shape index (κ1) is 11.6. The van der Waals surface area contributed by atoms with Crippen molar-refractivity contribution in [3.63, 3.8) is 0 Å². The van der Waals surface area contributed by atoms with Gasteiger partial charge in [0.15, 0.2) is 0 Å². The summed E-state index contributed by atoms with van der Waals surface area (Å²) in [6, 6.07) is 0. The van der Waals surface area contributed by atoms with E-state index < -0.39 is 3.79 Å². The number of rotatable bonds is 1. The minimum atomic E-state index is -1.91. The lowest BCUT2D eigenvalue weighted by atomic mass is 10.6. The number of hydrogen-bond acceptors (Lipinski definition) is 2. The molecule has 0 rings (SSSR count). The van der Waals surface area contributed by atoms with E-state index in [1.54, 1.807) is 0 Å². The number of allylic oxidation sites excluding steroid dienone is 1. The zero-order valence-corrected chi connectivity index (χ0v) is 8.52. The zero-order valence-electron chi connectivity index (χ0n) is 4.75. The van der Waals surface area contributed by atoms with Crippen molar-refractivity contribution in [2.75, 3.05) is 0 Å². The van der Waals surface area contributed by atoms with Crippen molar-refractivity contribution in [1.29, 1.82) is 0 Å². The van der Waals surface area contributed by atoms with E-state index in [0.29, 0.717) is 0 Å². The highest BCUT2D eigenvalue weighted by atomic mass is 35.6. The van der Waals surface area contributed by atoms with Crippen LogP contribution >= 0.6 is 58.0 Å². The second-order valence-corrected chi connectivity index (χ2v) is 4.54. The fourth-order valence-electron chi connectivity index (χ4n) is 0.258. The van der Waals surface area contributed by atoms with Crippen LogP contribution in [0.4, 0.5) is 0 Å². The van der Waals surface area contributed by atoms with Gasteiger partial charge in [-0.25, -0.2) is 4.79 Å². The lowest BCUT2D eigenvalue weighted by molar-refractivity contribution is 0.564. The Morgan fingerprint density at radius 1 is 1.27 bits per heavy atom. The van der Waals surface area contributed by atoms with Gasteiger partial charge in [-0.3, -0.25) is 0 Å². The molecule has 0 aliphatic carbocycles. The number of hydrogen-bond donors (Lipinski definition) is 0. The van der Waals surface area contributed by atoms with Crippen LogP contribution in [0.15, 0.2) is 15.2 Å². The lowest BCUT2D eigenvalue weighted by Gasteiger charge is -2.08. The van der Waals surface area contributed by atoms with E-state index in [9.17, 15) is 4.79 Å². The van der Waals surface area contributed by atoms with Crippen LogP contribution in [0.1, 0.15) is 0 Å². The number of alkyl halides is 3. The van der Waals surface area contributed by atoms with E-state index in [4.69, 9.17) is 58.0 Å². The molecule has 0 radical (unpaired) electrons. The molecule has 0 heterocycles. The summed E-state index contributed by atoms with van der Waals surface area (Å²) in [6.45, 7) is 0. The van der Waals surface area contributed by atoms with E-state index in [0.717, 1.165) is 6.08 Å².